The second kappa shape index (κ2) is 5.18. The zero-order chi connectivity index (χ0) is 15.9. The number of fused-ring (bicyclic) bond motifs is 3. The van der Waals surface area contributed by atoms with Crippen LogP contribution in [0.3, 0.4) is 0 Å². The monoisotopic (exact) mass is 297 g/mol. The van der Waals surface area contributed by atoms with Crippen LogP contribution in [-0.4, -0.2) is 41.3 Å². The summed E-state index contributed by atoms with van der Waals surface area (Å²) in [7, 11) is 1.77. The summed E-state index contributed by atoms with van der Waals surface area (Å²) in [5.41, 5.74) is -0.893. The Bertz CT molecular complexity index is 414. The zero-order valence-electron chi connectivity index (χ0n) is 13.6. The first kappa shape index (κ1) is 16.1. The van der Waals surface area contributed by atoms with Gasteiger partial charge in [0, 0.05) is 13.6 Å². The van der Waals surface area contributed by atoms with Crippen molar-refractivity contribution < 1.29 is 19.4 Å². The summed E-state index contributed by atoms with van der Waals surface area (Å²) in [4.78, 5) is 25.2. The average molecular weight is 297 g/mol. The molecule has 0 aromatic carbocycles. The van der Waals surface area contributed by atoms with Crippen LogP contribution >= 0.6 is 0 Å². The SMILES string of the molecule is CN(CC12CCC(C(=O)O)(CC1)CC2)C(=O)OC(C)(C)C. The maximum atomic E-state index is 12.1. The van der Waals surface area contributed by atoms with Crippen molar-refractivity contribution in [2.24, 2.45) is 10.8 Å². The molecule has 0 spiro atoms. The van der Waals surface area contributed by atoms with E-state index in [1.807, 2.05) is 20.8 Å². The van der Waals surface area contributed by atoms with Gasteiger partial charge >= 0.3 is 12.1 Å². The van der Waals surface area contributed by atoms with Crippen molar-refractivity contribution in [2.45, 2.75) is 64.9 Å². The average Bonchev–Trinajstić information content (AvgIpc) is 2.38. The van der Waals surface area contributed by atoms with Gasteiger partial charge in [-0.15, -0.1) is 0 Å². The highest BCUT2D eigenvalue weighted by Crippen LogP contribution is 2.57. The van der Waals surface area contributed by atoms with Crippen LogP contribution in [0.5, 0.6) is 0 Å². The number of hydrogen-bond donors (Lipinski definition) is 1. The van der Waals surface area contributed by atoms with E-state index < -0.39 is 17.0 Å². The molecule has 3 fully saturated rings. The van der Waals surface area contributed by atoms with Crippen molar-refractivity contribution in [3.05, 3.63) is 0 Å². The van der Waals surface area contributed by atoms with Crippen LogP contribution in [-0.2, 0) is 9.53 Å². The third-order valence-corrected chi connectivity index (χ3v) is 5.13. The fourth-order valence-electron chi connectivity index (χ4n) is 3.73. The van der Waals surface area contributed by atoms with E-state index in [0.29, 0.717) is 6.54 Å². The molecule has 0 unspecified atom stereocenters. The first-order valence-electron chi connectivity index (χ1n) is 7.75. The second-order valence-electron chi connectivity index (χ2n) is 7.92. The van der Waals surface area contributed by atoms with Crippen LogP contribution in [0.25, 0.3) is 0 Å². The van der Waals surface area contributed by atoms with Gasteiger partial charge in [0.1, 0.15) is 5.60 Å². The molecule has 0 heterocycles. The maximum Gasteiger partial charge on any atom is 0.410 e. The van der Waals surface area contributed by atoms with Gasteiger partial charge in [0.2, 0.25) is 0 Å². The quantitative estimate of drug-likeness (QED) is 0.868. The third-order valence-electron chi connectivity index (χ3n) is 5.13. The van der Waals surface area contributed by atoms with E-state index >= 15 is 0 Å². The van der Waals surface area contributed by atoms with Crippen LogP contribution in [0, 0.1) is 10.8 Å². The molecular weight excluding hydrogens is 270 g/mol. The lowest BCUT2D eigenvalue weighted by atomic mass is 9.53. The molecule has 1 N–H and O–H groups in total. The fraction of sp³-hybridized carbons (Fsp3) is 0.875. The third kappa shape index (κ3) is 3.33. The molecule has 0 aromatic rings. The Morgan fingerprint density at radius 1 is 1.10 bits per heavy atom. The molecule has 2 bridgehead atoms. The number of hydrogen-bond acceptors (Lipinski definition) is 3. The van der Waals surface area contributed by atoms with Gasteiger partial charge in [-0.25, -0.2) is 4.79 Å². The topological polar surface area (TPSA) is 66.8 Å². The van der Waals surface area contributed by atoms with Gasteiger partial charge in [-0.05, 0) is 64.7 Å². The van der Waals surface area contributed by atoms with Crippen LogP contribution in [0.15, 0.2) is 0 Å². The van der Waals surface area contributed by atoms with Crippen molar-refractivity contribution >= 4 is 12.1 Å². The molecular formula is C16H27NO4. The lowest BCUT2D eigenvalue weighted by molar-refractivity contribution is -0.159. The number of carboxylic acids is 1. The summed E-state index contributed by atoms with van der Waals surface area (Å²) < 4.78 is 5.39. The first-order valence-corrected chi connectivity index (χ1v) is 7.75. The highest BCUT2D eigenvalue weighted by Gasteiger charge is 2.53. The van der Waals surface area contributed by atoms with Crippen molar-refractivity contribution in [1.82, 2.24) is 4.90 Å². The molecule has 3 saturated carbocycles. The molecule has 3 rings (SSSR count). The van der Waals surface area contributed by atoms with E-state index in [1.54, 1.807) is 11.9 Å². The lowest BCUT2D eigenvalue weighted by Crippen LogP contribution is -2.51. The van der Waals surface area contributed by atoms with Crippen molar-refractivity contribution in [2.75, 3.05) is 13.6 Å². The van der Waals surface area contributed by atoms with Crippen molar-refractivity contribution in [3.63, 3.8) is 0 Å². The predicted molar refractivity (Wildman–Crippen MR) is 79.1 cm³/mol. The Morgan fingerprint density at radius 3 is 1.95 bits per heavy atom. The molecule has 0 saturated heterocycles. The van der Waals surface area contributed by atoms with E-state index in [0.717, 1.165) is 38.5 Å². The first-order chi connectivity index (χ1) is 9.58. The van der Waals surface area contributed by atoms with Crippen LogP contribution < -0.4 is 0 Å². The van der Waals surface area contributed by atoms with Gasteiger partial charge in [0.15, 0.2) is 0 Å². The smallest absolute Gasteiger partial charge is 0.410 e. The number of carbonyl (C=O) groups excluding carboxylic acids is 1. The van der Waals surface area contributed by atoms with Crippen LogP contribution in [0.2, 0.25) is 0 Å². The van der Waals surface area contributed by atoms with Crippen molar-refractivity contribution in [1.29, 1.82) is 0 Å². The van der Waals surface area contributed by atoms with Gasteiger partial charge in [-0.1, -0.05) is 0 Å². The number of rotatable bonds is 3. The number of carbonyl (C=O) groups is 2. The van der Waals surface area contributed by atoms with Crippen LogP contribution in [0.1, 0.15) is 59.3 Å². The van der Waals surface area contributed by atoms with Gasteiger partial charge in [0.05, 0.1) is 5.41 Å². The number of aliphatic carboxylic acids is 1. The maximum absolute atomic E-state index is 12.1. The summed E-state index contributed by atoms with van der Waals surface area (Å²) in [6.07, 6.45) is 4.61. The van der Waals surface area contributed by atoms with Gasteiger partial charge in [-0.3, -0.25) is 4.79 Å². The van der Waals surface area contributed by atoms with Gasteiger partial charge < -0.3 is 14.7 Å². The fourth-order valence-corrected chi connectivity index (χ4v) is 3.73. The molecule has 0 aliphatic heterocycles. The number of ether oxygens (including phenoxy) is 1. The predicted octanol–water partition coefficient (Wildman–Crippen LogP) is 3.28. The lowest BCUT2D eigenvalue weighted by Gasteiger charge is -2.52. The summed E-state index contributed by atoms with van der Waals surface area (Å²) in [6, 6.07) is 0. The molecule has 5 heteroatoms. The van der Waals surface area contributed by atoms with Gasteiger partial charge in [0.25, 0.3) is 0 Å². The minimum Gasteiger partial charge on any atom is -0.481 e. The summed E-state index contributed by atoms with van der Waals surface area (Å²) in [5, 5.41) is 9.41. The molecule has 0 aromatic heterocycles. The summed E-state index contributed by atoms with van der Waals surface area (Å²) >= 11 is 0. The zero-order valence-corrected chi connectivity index (χ0v) is 13.6. The number of nitrogens with zero attached hydrogens (tertiary/aromatic N) is 1. The minimum atomic E-state index is -0.642. The Hall–Kier alpha value is -1.26. The molecule has 21 heavy (non-hydrogen) atoms. The molecule has 3 aliphatic rings. The molecule has 1 amide bonds. The van der Waals surface area contributed by atoms with Gasteiger partial charge in [-0.2, -0.15) is 0 Å². The number of carboxylic acid groups (broad SMARTS) is 1. The van der Waals surface area contributed by atoms with Crippen LogP contribution in [0.4, 0.5) is 4.79 Å². The molecule has 0 atom stereocenters. The normalized spacial score (nSPS) is 31.8. The standard InChI is InChI=1S/C16H27NO4/c1-14(2,3)21-13(20)17(4)11-15-5-8-16(9-6-15,10-7-15)12(18)19/h5-11H2,1-4H3,(H,18,19). The Morgan fingerprint density at radius 2 is 1.57 bits per heavy atom. The van der Waals surface area contributed by atoms with E-state index in [9.17, 15) is 14.7 Å². The summed E-state index contributed by atoms with van der Waals surface area (Å²) in [6.45, 7) is 6.25. The molecule has 0 radical (unpaired) electrons. The Kier molecular flexibility index (Phi) is 3.98. The second-order valence-corrected chi connectivity index (χ2v) is 7.92. The highest BCUT2D eigenvalue weighted by molar-refractivity contribution is 5.75. The molecule has 5 nitrogen and oxygen atoms in total. The Balaban J connectivity index is 1.96. The largest absolute Gasteiger partial charge is 0.481 e. The van der Waals surface area contributed by atoms with Crippen molar-refractivity contribution in [3.8, 4) is 0 Å². The van der Waals surface area contributed by atoms with E-state index in [1.165, 1.54) is 0 Å². The Labute approximate surface area is 126 Å². The molecule has 120 valence electrons. The highest BCUT2D eigenvalue weighted by atomic mass is 16.6. The number of amides is 1. The van der Waals surface area contributed by atoms with E-state index in [4.69, 9.17) is 4.74 Å². The van der Waals surface area contributed by atoms with E-state index in [2.05, 4.69) is 0 Å². The molecule has 3 aliphatic carbocycles. The van der Waals surface area contributed by atoms with E-state index in [-0.39, 0.29) is 11.5 Å². The summed E-state index contributed by atoms with van der Waals surface area (Å²) in [5.74, 6) is -0.642. The minimum absolute atomic E-state index is 0.0862.